The summed E-state index contributed by atoms with van der Waals surface area (Å²) in [5.74, 6) is -0.0318. The second kappa shape index (κ2) is 11.6. The summed E-state index contributed by atoms with van der Waals surface area (Å²) in [6.07, 6.45) is -5.16. The molecule has 23 heteroatoms. The Labute approximate surface area is 257 Å². The lowest BCUT2D eigenvalue weighted by Gasteiger charge is -2.36. The van der Waals surface area contributed by atoms with Crippen LogP contribution in [0.15, 0.2) is 23.4 Å². The molecule has 18 nitrogen and oxygen atoms in total. The minimum atomic E-state index is -3.99. The molecule has 4 aromatic rings. The third-order valence-electron chi connectivity index (χ3n) is 7.63. The Kier molecular flexibility index (Phi) is 8.23. The first-order valence-electron chi connectivity index (χ1n) is 12.9. The minimum absolute atomic E-state index is 0.000762. The van der Waals surface area contributed by atoms with Crippen LogP contribution in [0, 0.1) is 0 Å². The number of aromatic amines is 1. The number of hydrogen-bond donors (Lipinski definition) is 6. The summed E-state index contributed by atoms with van der Waals surface area (Å²) in [5.41, 5.74) is 11.1. The molecule has 0 bridgehead atoms. The third kappa shape index (κ3) is 5.20. The van der Waals surface area contributed by atoms with E-state index in [9.17, 15) is 19.4 Å². The van der Waals surface area contributed by atoms with Crippen LogP contribution in [0.3, 0.4) is 0 Å². The van der Waals surface area contributed by atoms with Gasteiger partial charge in [-0.15, -0.1) is 9.62 Å². The van der Waals surface area contributed by atoms with Crippen LogP contribution in [0.2, 0.25) is 0 Å². The lowest BCUT2D eigenvalue weighted by molar-refractivity contribution is -0.0429. The van der Waals surface area contributed by atoms with Gasteiger partial charge in [-0.1, -0.05) is 5.21 Å². The predicted octanol–water partition coefficient (Wildman–Crippen LogP) is 0.689. The van der Waals surface area contributed by atoms with Crippen LogP contribution in [0.5, 0.6) is 0 Å². The highest BCUT2D eigenvalue weighted by Crippen LogP contribution is 2.65. The number of aliphatic hydroxyl groups is 1. The van der Waals surface area contributed by atoms with Crippen molar-refractivity contribution in [2.24, 2.45) is 0 Å². The van der Waals surface area contributed by atoms with Gasteiger partial charge < -0.3 is 40.0 Å². The van der Waals surface area contributed by atoms with E-state index in [1.54, 1.807) is 13.0 Å². The summed E-state index contributed by atoms with van der Waals surface area (Å²) < 4.78 is 53.4. The average molecular weight is 692 g/mol. The molecule has 6 heterocycles. The van der Waals surface area contributed by atoms with Crippen LogP contribution in [0.4, 0.5) is 16.2 Å². The number of rotatable bonds is 9. The first-order chi connectivity index (χ1) is 20.8. The zero-order valence-electron chi connectivity index (χ0n) is 22.6. The number of nitrogen functional groups attached to an aromatic ring is 2. The summed E-state index contributed by atoms with van der Waals surface area (Å²) in [6.45, 7) is -3.37. The van der Waals surface area contributed by atoms with Crippen molar-refractivity contribution in [2.75, 3.05) is 24.7 Å². The first kappa shape index (κ1) is 31.3. The quantitative estimate of drug-likeness (QED) is 0.104. The van der Waals surface area contributed by atoms with E-state index in [1.807, 2.05) is 0 Å². The zero-order valence-corrected chi connectivity index (χ0v) is 26.1. The number of thiol groups is 1. The summed E-state index contributed by atoms with van der Waals surface area (Å²) in [7, 11) is -2.58. The maximum absolute atomic E-state index is 15.9. The summed E-state index contributed by atoms with van der Waals surface area (Å²) in [4.78, 5) is 38.6. The van der Waals surface area contributed by atoms with Gasteiger partial charge in [-0.05, 0) is 35.8 Å². The predicted molar refractivity (Wildman–Crippen MR) is 159 cm³/mol. The van der Waals surface area contributed by atoms with E-state index in [2.05, 4.69) is 42.5 Å². The number of ether oxygens (including phenoxy) is 2. The van der Waals surface area contributed by atoms with Crippen LogP contribution < -0.4 is 17.0 Å². The molecular formula is C21H26FN10O8P2S2+. The normalized spacial score (nSPS) is 30.7. The van der Waals surface area contributed by atoms with Crippen LogP contribution in [0.1, 0.15) is 25.8 Å². The van der Waals surface area contributed by atoms with E-state index < -0.39 is 74.6 Å². The monoisotopic (exact) mass is 691 g/mol. The number of aromatic nitrogens is 8. The number of anilines is 2. The molecule has 2 aliphatic heterocycles. The van der Waals surface area contributed by atoms with Gasteiger partial charge >= 0.3 is 7.23 Å². The molecule has 0 spiro atoms. The lowest BCUT2D eigenvalue weighted by Crippen LogP contribution is -2.36. The van der Waals surface area contributed by atoms with Crippen molar-refractivity contribution in [1.82, 2.24) is 39.5 Å². The van der Waals surface area contributed by atoms with Crippen molar-refractivity contribution < 1.29 is 37.5 Å². The second-order valence-electron chi connectivity index (χ2n) is 10.4. The van der Waals surface area contributed by atoms with Gasteiger partial charge in [-0.25, -0.2) is 14.4 Å². The van der Waals surface area contributed by atoms with Crippen molar-refractivity contribution in [1.29, 1.82) is 0 Å². The number of hydrogen-bond acceptors (Lipinski definition) is 15. The maximum atomic E-state index is 15.9. The molecule has 0 aliphatic carbocycles. The maximum Gasteiger partial charge on any atom is 0.582 e. The van der Waals surface area contributed by atoms with Crippen LogP contribution in [0.25, 0.3) is 22.2 Å². The van der Waals surface area contributed by atoms with Crippen molar-refractivity contribution >= 4 is 71.7 Å². The molecule has 0 radical (unpaired) electrons. The van der Waals surface area contributed by atoms with E-state index in [1.165, 1.54) is 17.1 Å². The highest BCUT2D eigenvalue weighted by molar-refractivity contribution is 8.39. The van der Waals surface area contributed by atoms with Gasteiger partial charge in [0.25, 0.3) is 5.56 Å². The Bertz CT molecular complexity index is 1860. The fraction of sp³-hybridized carbons (Fsp3) is 0.524. The fourth-order valence-corrected chi connectivity index (χ4v) is 8.43. The molecule has 7 N–H and O–H groups in total. The molecule has 2 unspecified atom stereocenters. The van der Waals surface area contributed by atoms with Crippen molar-refractivity contribution in [3.63, 3.8) is 0 Å². The highest BCUT2D eigenvalue weighted by Gasteiger charge is 2.58. The van der Waals surface area contributed by atoms with Crippen LogP contribution in [-0.2, 0) is 34.9 Å². The average Bonchev–Trinajstić information content (AvgIpc) is 3.72. The van der Waals surface area contributed by atoms with Gasteiger partial charge in [0.1, 0.15) is 36.1 Å². The van der Waals surface area contributed by atoms with Gasteiger partial charge in [0.15, 0.2) is 42.4 Å². The van der Waals surface area contributed by atoms with Gasteiger partial charge in [-0.2, -0.15) is 9.67 Å². The van der Waals surface area contributed by atoms with Gasteiger partial charge in [-0.3, -0.25) is 9.78 Å². The SMILES string of the molecule is C[C@]1(P(O)(=S)OC[C@H]2O[C@@H](n3ccc4c(N)ncnc43)[C@@H](F)[C@@H]2O[P+](=O)S)C[C@@H](CO)O[C@H]1n1nnc2c(=O)[nH]c(N)nc21. The van der Waals surface area contributed by atoms with E-state index in [-0.39, 0.29) is 35.0 Å². The number of nitrogens with one attached hydrogen (secondary N) is 1. The smallest absolute Gasteiger partial charge is 0.394 e. The minimum Gasteiger partial charge on any atom is -0.394 e. The molecule has 2 aliphatic rings. The number of nitrogens with two attached hydrogens (primary N) is 2. The second-order valence-corrected chi connectivity index (χ2v) is 15.8. The van der Waals surface area contributed by atoms with Gasteiger partial charge in [0.05, 0.1) is 29.9 Å². The van der Waals surface area contributed by atoms with E-state index in [4.69, 9.17) is 41.8 Å². The Morgan fingerprint density at radius 2 is 2.14 bits per heavy atom. The number of alkyl halides is 1. The van der Waals surface area contributed by atoms with E-state index in [0.29, 0.717) is 5.39 Å². The number of halogens is 1. The Hall–Kier alpha value is -2.71. The molecule has 0 saturated carbocycles. The van der Waals surface area contributed by atoms with E-state index in [0.717, 1.165) is 4.68 Å². The molecule has 2 fully saturated rings. The fourth-order valence-electron chi connectivity index (χ4n) is 5.44. The Morgan fingerprint density at radius 3 is 2.86 bits per heavy atom. The van der Waals surface area contributed by atoms with Crippen LogP contribution >= 0.6 is 26.0 Å². The van der Waals surface area contributed by atoms with Gasteiger partial charge in [0.2, 0.25) is 5.95 Å². The molecule has 9 atom stereocenters. The zero-order chi connectivity index (χ0) is 31.6. The first-order valence-corrected chi connectivity index (χ1v) is 17.9. The standard InChI is InChI=1S/C21H25FN10O8P2S2/c1-21(4-8(5-33)38-19(21)32-16-12(29-30-32)17(34)28-20(24)27-16)42(36,44)37-6-10-13(40-41(35)43)11(22)18(39-10)31-3-2-9-14(23)25-7-26-15(9)31/h2-3,7-8,10-11,13,18-19,33H,4-6H2,1H3,(H6-,23,24,25,26,27,28,30,34,35,36,43,44)/p+1/t8-,10+,11-,13+,18+,19+,21-,42?/m0/s1. The number of nitrogens with zero attached hydrogens (tertiary/aromatic N) is 7. The number of aliphatic hydroxyl groups excluding tert-OH is 1. The molecule has 4 aromatic heterocycles. The lowest BCUT2D eigenvalue weighted by atomic mass is 10.1. The summed E-state index contributed by atoms with van der Waals surface area (Å²) in [5, 5.41) is 16.8. The van der Waals surface area contributed by atoms with Crippen molar-refractivity contribution in [3.8, 4) is 0 Å². The summed E-state index contributed by atoms with van der Waals surface area (Å²) in [6, 6.07) is 1.59. The van der Waals surface area contributed by atoms with Gasteiger partial charge in [0, 0.05) is 6.20 Å². The van der Waals surface area contributed by atoms with E-state index >= 15 is 4.39 Å². The molecule has 0 aromatic carbocycles. The Balaban J connectivity index is 1.29. The molecule has 0 amide bonds. The van der Waals surface area contributed by atoms with Crippen LogP contribution in [-0.4, -0.2) is 92.4 Å². The molecular weight excluding hydrogens is 665 g/mol. The highest BCUT2D eigenvalue weighted by atomic mass is 32.7. The molecule has 236 valence electrons. The molecule has 2 saturated heterocycles. The summed E-state index contributed by atoms with van der Waals surface area (Å²) >= 11 is 9.40. The van der Waals surface area contributed by atoms with Crippen molar-refractivity contribution in [3.05, 3.63) is 28.9 Å². The molecule has 6 rings (SSSR count). The molecule has 44 heavy (non-hydrogen) atoms. The number of fused-ring (bicyclic) bond motifs is 2. The number of H-pyrrole nitrogens is 1. The largest absolute Gasteiger partial charge is 0.582 e. The Morgan fingerprint density at radius 1 is 1.36 bits per heavy atom. The topological polar surface area (TPSA) is 254 Å². The van der Waals surface area contributed by atoms with Crippen molar-refractivity contribution in [2.45, 2.75) is 55.4 Å². The third-order valence-corrected chi connectivity index (χ3v) is 12.1.